The van der Waals surface area contributed by atoms with Crippen LogP contribution in [0.2, 0.25) is 5.02 Å². The Morgan fingerprint density at radius 2 is 1.79 bits per heavy atom. The quantitative estimate of drug-likeness (QED) is 0.430. The van der Waals surface area contributed by atoms with Crippen LogP contribution >= 0.6 is 39.7 Å². The Hall–Kier alpha value is -2.36. The van der Waals surface area contributed by atoms with E-state index < -0.39 is 11.8 Å². The van der Waals surface area contributed by atoms with Gasteiger partial charge in [-0.25, -0.2) is 0 Å². The molecule has 0 fully saturated rings. The topological polar surface area (TPSA) is 88.7 Å². The maximum atomic E-state index is 11.8. The average Bonchev–Trinajstić information content (AvgIpc) is 2.66. The summed E-state index contributed by atoms with van der Waals surface area (Å²) in [4.78, 5) is 23.6. The molecule has 0 aliphatic carbocycles. The van der Waals surface area contributed by atoms with Crippen LogP contribution in [0.25, 0.3) is 0 Å². The third kappa shape index (κ3) is 7.34. The monoisotopic (exact) mass is 485 g/mol. The smallest absolute Gasteiger partial charge is 0.276 e. The molecule has 0 aliphatic heterocycles. The van der Waals surface area contributed by atoms with Gasteiger partial charge in [-0.05, 0) is 55.0 Å². The van der Waals surface area contributed by atoms with Crippen LogP contribution in [0.3, 0.4) is 0 Å². The van der Waals surface area contributed by atoms with E-state index in [4.69, 9.17) is 33.3 Å². The molecule has 0 heterocycles. The van der Waals surface area contributed by atoms with Gasteiger partial charge in [0.15, 0.2) is 18.3 Å². The Kier molecular flexibility index (Phi) is 8.49. The van der Waals surface area contributed by atoms with Crippen molar-refractivity contribution in [3.63, 3.8) is 0 Å². The molecule has 0 atom stereocenters. The Morgan fingerprint density at radius 3 is 2.50 bits per heavy atom. The molecular weight excluding hydrogens is 470 g/mol. The van der Waals surface area contributed by atoms with E-state index in [1.54, 1.807) is 36.4 Å². The second kappa shape index (κ2) is 10.8. The number of nitrogens with one attached hydrogen (secondary N) is 3. The number of ether oxygens (including phenoxy) is 2. The maximum Gasteiger partial charge on any atom is 0.276 e. The molecule has 2 rings (SSSR count). The molecule has 0 radical (unpaired) electrons. The van der Waals surface area contributed by atoms with Crippen LogP contribution in [-0.2, 0) is 9.59 Å². The second-order valence-electron chi connectivity index (χ2n) is 5.47. The SMILES string of the molecule is Cc1cc(OCC(=O)NC(=S)NNC(=O)COc2ccccc2Cl)ccc1Br. The minimum absolute atomic E-state index is 0.0771. The molecule has 3 N–H and O–H groups in total. The molecule has 2 amide bonds. The molecule has 2 aromatic carbocycles. The van der Waals surface area contributed by atoms with Gasteiger partial charge in [-0.3, -0.25) is 25.8 Å². The van der Waals surface area contributed by atoms with Gasteiger partial charge in [0.25, 0.3) is 11.8 Å². The number of rotatable bonds is 6. The Labute approximate surface area is 180 Å². The van der Waals surface area contributed by atoms with E-state index in [1.807, 2.05) is 13.0 Å². The molecule has 2 aromatic rings. The molecule has 0 bridgehead atoms. The van der Waals surface area contributed by atoms with Gasteiger partial charge in [-0.2, -0.15) is 0 Å². The van der Waals surface area contributed by atoms with E-state index in [2.05, 4.69) is 32.1 Å². The van der Waals surface area contributed by atoms with Gasteiger partial charge in [0.1, 0.15) is 11.5 Å². The van der Waals surface area contributed by atoms with Gasteiger partial charge in [0.2, 0.25) is 0 Å². The van der Waals surface area contributed by atoms with Crippen LogP contribution in [-0.4, -0.2) is 30.1 Å². The van der Waals surface area contributed by atoms with Crippen molar-refractivity contribution in [2.75, 3.05) is 13.2 Å². The molecule has 148 valence electrons. The van der Waals surface area contributed by atoms with Gasteiger partial charge in [-0.1, -0.05) is 39.7 Å². The Bertz CT molecular complexity index is 882. The number of carbonyl (C=O) groups excluding carboxylic acids is 2. The fourth-order valence-electron chi connectivity index (χ4n) is 1.92. The molecule has 28 heavy (non-hydrogen) atoms. The molecule has 0 aliphatic rings. The standard InChI is InChI=1S/C18H17BrClN3O4S/c1-11-8-12(6-7-13(11)19)26-9-16(24)21-18(28)23-22-17(25)10-27-15-5-3-2-4-14(15)20/h2-8H,9-10H2,1H3,(H,22,25)(H2,21,23,24,28). The average molecular weight is 487 g/mol. The first-order valence-corrected chi connectivity index (χ1v) is 9.58. The summed E-state index contributed by atoms with van der Waals surface area (Å²) in [6, 6.07) is 12.1. The first kappa shape index (κ1) is 21.9. The summed E-state index contributed by atoms with van der Waals surface area (Å²) in [6.07, 6.45) is 0. The highest BCUT2D eigenvalue weighted by molar-refractivity contribution is 9.10. The largest absolute Gasteiger partial charge is 0.484 e. The highest BCUT2D eigenvalue weighted by Crippen LogP contribution is 2.23. The first-order chi connectivity index (χ1) is 13.3. The van der Waals surface area contributed by atoms with Gasteiger partial charge >= 0.3 is 0 Å². The van der Waals surface area contributed by atoms with Crippen molar-refractivity contribution < 1.29 is 19.1 Å². The van der Waals surface area contributed by atoms with Crippen molar-refractivity contribution in [1.82, 2.24) is 16.2 Å². The zero-order valence-corrected chi connectivity index (χ0v) is 17.9. The highest BCUT2D eigenvalue weighted by atomic mass is 79.9. The van der Waals surface area contributed by atoms with Crippen molar-refractivity contribution in [2.45, 2.75) is 6.92 Å². The Morgan fingerprint density at radius 1 is 1.07 bits per heavy atom. The normalized spacial score (nSPS) is 9.96. The molecule has 0 aromatic heterocycles. The zero-order valence-electron chi connectivity index (χ0n) is 14.8. The molecule has 0 saturated carbocycles. The summed E-state index contributed by atoms with van der Waals surface area (Å²) in [5.41, 5.74) is 5.69. The lowest BCUT2D eigenvalue weighted by molar-refractivity contribution is -0.124. The van der Waals surface area contributed by atoms with Gasteiger partial charge < -0.3 is 9.47 Å². The summed E-state index contributed by atoms with van der Waals surface area (Å²) in [7, 11) is 0. The van der Waals surface area contributed by atoms with Crippen molar-refractivity contribution in [3.8, 4) is 11.5 Å². The molecule has 0 saturated heterocycles. The van der Waals surface area contributed by atoms with E-state index in [0.717, 1.165) is 10.0 Å². The number of amides is 2. The number of carbonyl (C=O) groups is 2. The number of thiocarbonyl (C=S) groups is 1. The summed E-state index contributed by atoms with van der Waals surface area (Å²) in [5, 5.41) is 2.70. The molecule has 7 nitrogen and oxygen atoms in total. The first-order valence-electron chi connectivity index (χ1n) is 8.00. The highest BCUT2D eigenvalue weighted by Gasteiger charge is 2.09. The van der Waals surface area contributed by atoms with E-state index in [-0.39, 0.29) is 18.3 Å². The van der Waals surface area contributed by atoms with Gasteiger partial charge in [-0.15, -0.1) is 0 Å². The maximum absolute atomic E-state index is 11.8. The van der Waals surface area contributed by atoms with Crippen LogP contribution in [0.5, 0.6) is 11.5 Å². The van der Waals surface area contributed by atoms with Crippen LogP contribution in [0.4, 0.5) is 0 Å². The number of hydrazine groups is 1. The van der Waals surface area contributed by atoms with Gasteiger partial charge in [0.05, 0.1) is 5.02 Å². The van der Waals surface area contributed by atoms with Crippen LogP contribution < -0.4 is 25.6 Å². The third-order valence-corrected chi connectivity index (χ3v) is 4.67. The van der Waals surface area contributed by atoms with Crippen LogP contribution in [0.1, 0.15) is 5.56 Å². The summed E-state index contributed by atoms with van der Waals surface area (Å²) in [6.45, 7) is 1.40. The summed E-state index contributed by atoms with van der Waals surface area (Å²) < 4.78 is 11.6. The molecular formula is C18H17BrClN3O4S. The number of hydrogen-bond donors (Lipinski definition) is 3. The summed E-state index contributed by atoms with van der Waals surface area (Å²) >= 11 is 14.3. The van der Waals surface area contributed by atoms with Crippen LogP contribution in [0.15, 0.2) is 46.9 Å². The fourth-order valence-corrected chi connectivity index (χ4v) is 2.52. The minimum Gasteiger partial charge on any atom is -0.484 e. The zero-order chi connectivity index (χ0) is 20.5. The molecule has 0 spiro atoms. The van der Waals surface area contributed by atoms with Crippen molar-refractivity contribution in [1.29, 1.82) is 0 Å². The number of aryl methyl sites for hydroxylation is 1. The van der Waals surface area contributed by atoms with E-state index >= 15 is 0 Å². The number of para-hydroxylation sites is 1. The predicted octanol–water partition coefficient (Wildman–Crippen LogP) is 2.89. The second-order valence-corrected chi connectivity index (χ2v) is 7.14. The molecule has 0 unspecified atom stereocenters. The number of halogens is 2. The van der Waals surface area contributed by atoms with Crippen molar-refractivity contribution in [2.24, 2.45) is 0 Å². The Balaban J connectivity index is 1.66. The van der Waals surface area contributed by atoms with Crippen molar-refractivity contribution in [3.05, 3.63) is 57.5 Å². The number of hydrogen-bond acceptors (Lipinski definition) is 5. The van der Waals surface area contributed by atoms with E-state index in [1.165, 1.54) is 0 Å². The lowest BCUT2D eigenvalue weighted by atomic mass is 10.2. The van der Waals surface area contributed by atoms with Gasteiger partial charge in [0, 0.05) is 4.47 Å². The van der Waals surface area contributed by atoms with E-state index in [0.29, 0.717) is 16.5 Å². The lowest BCUT2D eigenvalue weighted by Gasteiger charge is -2.12. The van der Waals surface area contributed by atoms with Crippen LogP contribution in [0, 0.1) is 6.92 Å². The minimum atomic E-state index is -0.502. The predicted molar refractivity (Wildman–Crippen MR) is 113 cm³/mol. The number of benzene rings is 2. The fraction of sp³-hybridized carbons (Fsp3) is 0.167. The van der Waals surface area contributed by atoms with Crippen molar-refractivity contribution >= 4 is 56.7 Å². The lowest BCUT2D eigenvalue weighted by Crippen LogP contribution is -2.50. The van der Waals surface area contributed by atoms with E-state index in [9.17, 15) is 9.59 Å². The summed E-state index contributed by atoms with van der Waals surface area (Å²) in [5.74, 6) is -0.0342. The molecule has 10 heteroatoms. The third-order valence-electron chi connectivity index (χ3n) is 3.26.